The molecule has 1 saturated carbocycles. The highest BCUT2D eigenvalue weighted by molar-refractivity contribution is 6.38. The van der Waals surface area contributed by atoms with Crippen molar-refractivity contribution in [1.29, 1.82) is 0 Å². The predicted octanol–water partition coefficient (Wildman–Crippen LogP) is 3.72. The minimum Gasteiger partial charge on any atom is -0.387 e. The second-order valence-electron chi connectivity index (χ2n) is 16.2. The number of nitrogens with zero attached hydrogens (tertiary/aromatic N) is 2. The van der Waals surface area contributed by atoms with Crippen LogP contribution < -0.4 is 16.0 Å². The van der Waals surface area contributed by atoms with Gasteiger partial charge in [-0.05, 0) is 69.8 Å². The highest BCUT2D eigenvalue weighted by Gasteiger charge is 2.55. The van der Waals surface area contributed by atoms with Gasteiger partial charge in [0.05, 0.1) is 30.5 Å². The summed E-state index contributed by atoms with van der Waals surface area (Å²) in [7, 11) is 0. The third kappa shape index (κ3) is 9.10. The molecule has 5 rings (SSSR count). The van der Waals surface area contributed by atoms with Gasteiger partial charge in [-0.1, -0.05) is 69.1 Å². The van der Waals surface area contributed by atoms with Gasteiger partial charge in [-0.3, -0.25) is 24.0 Å². The van der Waals surface area contributed by atoms with Crippen LogP contribution in [0.15, 0.2) is 29.4 Å². The molecule has 1 spiro atoms. The van der Waals surface area contributed by atoms with E-state index in [1.54, 1.807) is 0 Å². The minimum atomic E-state index is -1.04. The van der Waals surface area contributed by atoms with Crippen LogP contribution in [0.25, 0.3) is 0 Å². The first-order chi connectivity index (χ1) is 23.6. The van der Waals surface area contributed by atoms with Gasteiger partial charge in [-0.25, -0.2) is 0 Å². The molecule has 3 N–H and O–H groups in total. The SMILES string of the molecule is CCC[C@H](NC(=O)[C@@H]1C[C@]2(CC(c3cccc(C)c3)=NO2)CN1C(=O)[C@@H](NC(=O)CC1C[C@@H](C)O[C@H](C)C1)C(C)(C)C)C(=O)C(=O)NC1CC1. The Morgan fingerprint density at radius 2 is 1.76 bits per heavy atom. The molecule has 2 saturated heterocycles. The molecule has 1 aliphatic carbocycles. The van der Waals surface area contributed by atoms with E-state index in [1.807, 2.05) is 72.7 Å². The number of hydrogen-bond donors (Lipinski definition) is 3. The highest BCUT2D eigenvalue weighted by atomic mass is 16.7. The first kappa shape index (κ1) is 37.5. The maximum atomic E-state index is 14.6. The lowest BCUT2D eigenvalue weighted by Gasteiger charge is -2.36. The number of rotatable bonds is 12. The van der Waals surface area contributed by atoms with Crippen molar-refractivity contribution in [3.05, 3.63) is 35.4 Å². The van der Waals surface area contributed by atoms with E-state index in [-0.39, 0.29) is 55.9 Å². The van der Waals surface area contributed by atoms with E-state index in [4.69, 9.17) is 9.57 Å². The molecule has 50 heavy (non-hydrogen) atoms. The Morgan fingerprint density at radius 1 is 1.06 bits per heavy atom. The molecule has 4 aliphatic rings. The lowest BCUT2D eigenvalue weighted by Crippen LogP contribution is -2.59. The van der Waals surface area contributed by atoms with E-state index >= 15 is 0 Å². The molecule has 6 atom stereocenters. The Bertz CT molecular complexity index is 1490. The average molecular weight is 694 g/mol. The summed E-state index contributed by atoms with van der Waals surface area (Å²) in [6, 6.07) is 4.91. The van der Waals surface area contributed by atoms with Crippen molar-refractivity contribution < 1.29 is 33.5 Å². The number of likely N-dealkylation sites (tertiary alicyclic amines) is 1. The molecule has 12 nitrogen and oxygen atoms in total. The summed E-state index contributed by atoms with van der Waals surface area (Å²) in [6.45, 7) is 13.6. The normalized spacial score (nSPS) is 27.6. The van der Waals surface area contributed by atoms with Gasteiger partial charge in [0.25, 0.3) is 5.91 Å². The van der Waals surface area contributed by atoms with Gasteiger partial charge in [0.15, 0.2) is 5.60 Å². The quantitative estimate of drug-likeness (QED) is 0.282. The fourth-order valence-corrected chi connectivity index (χ4v) is 7.58. The first-order valence-corrected chi connectivity index (χ1v) is 18.3. The Balaban J connectivity index is 1.38. The summed E-state index contributed by atoms with van der Waals surface area (Å²) in [4.78, 5) is 75.8. The number of benzene rings is 1. The zero-order valence-electron chi connectivity index (χ0n) is 30.7. The summed E-state index contributed by atoms with van der Waals surface area (Å²) in [5.74, 6) is -2.45. The molecule has 0 bridgehead atoms. The number of oxime groups is 1. The van der Waals surface area contributed by atoms with Gasteiger partial charge in [-0.15, -0.1) is 0 Å². The van der Waals surface area contributed by atoms with Gasteiger partial charge in [0, 0.05) is 25.3 Å². The van der Waals surface area contributed by atoms with Crippen LogP contribution in [0.4, 0.5) is 0 Å². The molecule has 3 aliphatic heterocycles. The zero-order chi connectivity index (χ0) is 36.4. The Kier molecular flexibility index (Phi) is 11.4. The molecule has 1 aromatic carbocycles. The van der Waals surface area contributed by atoms with Crippen molar-refractivity contribution in [2.45, 2.75) is 148 Å². The van der Waals surface area contributed by atoms with Crippen LogP contribution in [0.3, 0.4) is 0 Å². The van der Waals surface area contributed by atoms with E-state index in [9.17, 15) is 24.0 Å². The predicted molar refractivity (Wildman–Crippen MR) is 188 cm³/mol. The lowest BCUT2D eigenvalue weighted by molar-refractivity contribution is -0.145. The largest absolute Gasteiger partial charge is 0.387 e. The Hall–Kier alpha value is -3.80. The van der Waals surface area contributed by atoms with E-state index in [1.165, 1.54) is 4.90 Å². The molecule has 1 aromatic rings. The van der Waals surface area contributed by atoms with E-state index in [0.29, 0.717) is 12.8 Å². The van der Waals surface area contributed by atoms with E-state index in [2.05, 4.69) is 21.1 Å². The number of carbonyl (C=O) groups excluding carboxylic acids is 5. The van der Waals surface area contributed by atoms with Crippen molar-refractivity contribution >= 4 is 35.1 Å². The third-order valence-electron chi connectivity index (χ3n) is 10.2. The molecule has 3 fully saturated rings. The van der Waals surface area contributed by atoms with Crippen LogP contribution >= 0.6 is 0 Å². The van der Waals surface area contributed by atoms with Crippen molar-refractivity contribution in [1.82, 2.24) is 20.9 Å². The molecule has 274 valence electrons. The summed E-state index contributed by atoms with van der Waals surface area (Å²) in [6.07, 6.45) is 4.90. The van der Waals surface area contributed by atoms with Crippen molar-refractivity contribution in [2.75, 3.05) is 6.54 Å². The first-order valence-electron chi connectivity index (χ1n) is 18.3. The maximum absolute atomic E-state index is 14.6. The van der Waals surface area contributed by atoms with Crippen LogP contribution in [0.5, 0.6) is 0 Å². The summed E-state index contributed by atoms with van der Waals surface area (Å²) >= 11 is 0. The number of carbonyl (C=O) groups is 5. The summed E-state index contributed by atoms with van der Waals surface area (Å²) < 4.78 is 5.86. The van der Waals surface area contributed by atoms with Crippen LogP contribution in [0, 0.1) is 18.3 Å². The van der Waals surface area contributed by atoms with Gasteiger partial charge in [0.2, 0.25) is 23.5 Å². The van der Waals surface area contributed by atoms with Crippen molar-refractivity contribution in [3.8, 4) is 0 Å². The van der Waals surface area contributed by atoms with E-state index < -0.39 is 52.6 Å². The third-order valence-corrected chi connectivity index (χ3v) is 10.2. The highest BCUT2D eigenvalue weighted by Crippen LogP contribution is 2.40. The Labute approximate surface area is 295 Å². The lowest BCUT2D eigenvalue weighted by atomic mass is 9.84. The van der Waals surface area contributed by atoms with E-state index in [0.717, 1.165) is 42.5 Å². The fourth-order valence-electron chi connectivity index (χ4n) is 7.58. The smallest absolute Gasteiger partial charge is 0.289 e. The zero-order valence-corrected chi connectivity index (χ0v) is 30.7. The topological polar surface area (TPSA) is 156 Å². The van der Waals surface area contributed by atoms with Crippen LogP contribution in [-0.4, -0.2) is 88.5 Å². The maximum Gasteiger partial charge on any atom is 0.289 e. The van der Waals surface area contributed by atoms with Gasteiger partial charge in [-0.2, -0.15) is 0 Å². The Morgan fingerprint density at radius 3 is 2.38 bits per heavy atom. The molecule has 4 amide bonds. The van der Waals surface area contributed by atoms with Crippen molar-refractivity contribution in [3.63, 3.8) is 0 Å². The second-order valence-corrected chi connectivity index (χ2v) is 16.2. The second kappa shape index (κ2) is 15.2. The van der Waals surface area contributed by atoms with Crippen LogP contribution in [0.2, 0.25) is 0 Å². The number of ether oxygens (including phenoxy) is 1. The molecule has 3 heterocycles. The molecule has 0 aromatic heterocycles. The minimum absolute atomic E-state index is 0.00265. The molecule has 12 heteroatoms. The van der Waals surface area contributed by atoms with Gasteiger partial charge < -0.3 is 30.4 Å². The van der Waals surface area contributed by atoms with Crippen LogP contribution in [0.1, 0.15) is 110 Å². The number of ketones is 1. The number of Topliss-reactive ketones (excluding diaryl/α,β-unsaturated/α-hetero) is 1. The van der Waals surface area contributed by atoms with Gasteiger partial charge >= 0.3 is 0 Å². The van der Waals surface area contributed by atoms with Gasteiger partial charge in [0.1, 0.15) is 12.1 Å². The standard InChI is InChI=1S/C38H55N5O7/c1-8-10-28(32(45)35(47)39-27-13-14-27)40-34(46)30-20-38(19-29(42-50-38)26-12-9-11-22(2)15-26)21-43(30)36(48)33(37(5,6)7)41-31(44)18-25-16-23(3)49-24(4)17-25/h9,11-12,15,23-25,27-28,30,33H,8,10,13-14,16-21H2,1-7H3,(H,39,47)(H,40,46)(H,41,44)/t23-,24-,28+,30+,33-,38-/m1/s1. The number of aryl methyl sites for hydroxylation is 1. The molecular weight excluding hydrogens is 638 g/mol. The molecule has 0 radical (unpaired) electrons. The summed E-state index contributed by atoms with van der Waals surface area (Å²) in [5, 5.41) is 13.0. The summed E-state index contributed by atoms with van der Waals surface area (Å²) in [5.41, 5.74) is 1.02. The van der Waals surface area contributed by atoms with Crippen molar-refractivity contribution in [2.24, 2.45) is 16.5 Å². The van der Waals surface area contributed by atoms with Crippen LogP contribution in [-0.2, 0) is 33.5 Å². The average Bonchev–Trinajstić information content (AvgIpc) is 3.62. The number of nitrogens with one attached hydrogen (secondary N) is 3. The number of amides is 4. The molecule has 0 unspecified atom stereocenters. The fraction of sp³-hybridized carbons (Fsp3) is 0.684. The monoisotopic (exact) mass is 693 g/mol. The number of hydrogen-bond acceptors (Lipinski definition) is 8. The molecular formula is C38H55N5O7.